The van der Waals surface area contributed by atoms with Crippen LogP contribution in [0.25, 0.3) is 10.9 Å². The number of rotatable bonds is 5. The number of hydrogen-bond donors (Lipinski definition) is 2. The summed E-state index contributed by atoms with van der Waals surface area (Å²) >= 11 is 0. The fraction of sp³-hybridized carbons (Fsp3) is 0.471. The van der Waals surface area contributed by atoms with Gasteiger partial charge < -0.3 is 15.2 Å². The second-order valence-corrected chi connectivity index (χ2v) is 5.85. The van der Waals surface area contributed by atoms with Crippen molar-refractivity contribution in [2.45, 2.75) is 32.4 Å². The Labute approximate surface area is 125 Å². The Morgan fingerprint density at radius 1 is 1.38 bits per heavy atom. The first-order valence-electron chi connectivity index (χ1n) is 7.80. The van der Waals surface area contributed by atoms with Crippen LogP contribution >= 0.6 is 0 Å². The Balaban J connectivity index is 1.47. The quantitative estimate of drug-likeness (QED) is 0.827. The Hall–Kier alpha value is -1.81. The van der Waals surface area contributed by atoms with Crippen molar-refractivity contribution >= 4 is 16.8 Å². The number of fused-ring (bicyclic) bond motifs is 1. The van der Waals surface area contributed by atoms with Crippen LogP contribution < -0.4 is 10.6 Å². The molecule has 21 heavy (non-hydrogen) atoms. The van der Waals surface area contributed by atoms with Crippen LogP contribution in [0, 0.1) is 5.92 Å². The minimum absolute atomic E-state index is 0.136. The molecule has 1 aromatic heterocycles. The summed E-state index contributed by atoms with van der Waals surface area (Å²) in [7, 11) is 0. The van der Waals surface area contributed by atoms with Crippen molar-refractivity contribution in [2.24, 2.45) is 5.92 Å². The Bertz CT molecular complexity index is 619. The molecule has 2 N–H and O–H groups in total. The highest BCUT2D eigenvalue weighted by Crippen LogP contribution is 2.16. The third kappa shape index (κ3) is 3.10. The van der Waals surface area contributed by atoms with Gasteiger partial charge in [-0.15, -0.1) is 0 Å². The lowest BCUT2D eigenvalue weighted by Crippen LogP contribution is -2.37. The van der Waals surface area contributed by atoms with Gasteiger partial charge in [0, 0.05) is 30.8 Å². The summed E-state index contributed by atoms with van der Waals surface area (Å²) < 4.78 is 2.25. The third-order valence-electron chi connectivity index (χ3n) is 4.42. The number of amides is 1. The smallest absolute Gasteiger partial charge is 0.224 e. The molecule has 1 aliphatic heterocycles. The highest BCUT2D eigenvalue weighted by Gasteiger charge is 2.28. The van der Waals surface area contributed by atoms with Crippen LogP contribution in [0.15, 0.2) is 36.5 Å². The van der Waals surface area contributed by atoms with Crippen LogP contribution in [-0.4, -0.2) is 29.6 Å². The maximum atomic E-state index is 12.1. The highest BCUT2D eigenvalue weighted by molar-refractivity contribution is 5.80. The van der Waals surface area contributed by atoms with Crippen molar-refractivity contribution in [3.05, 3.63) is 36.5 Å². The molecule has 0 aliphatic carbocycles. The molecular formula is C17H23N3O. The van der Waals surface area contributed by atoms with Crippen molar-refractivity contribution in [1.29, 1.82) is 0 Å². The van der Waals surface area contributed by atoms with Gasteiger partial charge in [0.2, 0.25) is 5.91 Å². The number of benzene rings is 1. The molecule has 4 heteroatoms. The van der Waals surface area contributed by atoms with E-state index in [9.17, 15) is 4.79 Å². The monoisotopic (exact) mass is 285 g/mol. The number of carbonyl (C=O) groups excluding carboxylic acids is 1. The van der Waals surface area contributed by atoms with Gasteiger partial charge in [0.1, 0.15) is 0 Å². The number of aryl methyl sites for hydroxylation is 1. The van der Waals surface area contributed by atoms with E-state index in [4.69, 9.17) is 0 Å². The maximum Gasteiger partial charge on any atom is 0.224 e. The normalized spacial score (nSPS) is 21.8. The lowest BCUT2D eigenvalue weighted by molar-refractivity contribution is -0.125. The average Bonchev–Trinajstić information content (AvgIpc) is 3.10. The first-order valence-corrected chi connectivity index (χ1v) is 7.80. The van der Waals surface area contributed by atoms with Gasteiger partial charge in [-0.2, -0.15) is 0 Å². The van der Waals surface area contributed by atoms with Gasteiger partial charge in [-0.3, -0.25) is 4.79 Å². The van der Waals surface area contributed by atoms with Gasteiger partial charge in [-0.25, -0.2) is 0 Å². The molecule has 1 fully saturated rings. The molecule has 3 rings (SSSR count). The summed E-state index contributed by atoms with van der Waals surface area (Å²) in [4.78, 5) is 12.1. The molecule has 0 saturated carbocycles. The van der Waals surface area contributed by atoms with Gasteiger partial charge in [0.25, 0.3) is 0 Å². The van der Waals surface area contributed by atoms with Crippen molar-refractivity contribution < 1.29 is 4.79 Å². The van der Waals surface area contributed by atoms with Gasteiger partial charge in [-0.05, 0) is 43.8 Å². The van der Waals surface area contributed by atoms with Crippen molar-refractivity contribution in [2.75, 3.05) is 13.1 Å². The van der Waals surface area contributed by atoms with Crippen LogP contribution in [0.3, 0.4) is 0 Å². The zero-order valence-corrected chi connectivity index (χ0v) is 12.5. The molecule has 2 atom stereocenters. The van der Waals surface area contributed by atoms with Gasteiger partial charge >= 0.3 is 0 Å². The van der Waals surface area contributed by atoms with E-state index in [1.807, 2.05) is 0 Å². The van der Waals surface area contributed by atoms with E-state index in [0.29, 0.717) is 6.04 Å². The molecule has 2 aromatic rings. The number of hydrogen-bond acceptors (Lipinski definition) is 2. The van der Waals surface area contributed by atoms with E-state index in [1.165, 1.54) is 10.9 Å². The van der Waals surface area contributed by atoms with E-state index in [2.05, 4.69) is 58.7 Å². The highest BCUT2D eigenvalue weighted by atomic mass is 16.1. The van der Waals surface area contributed by atoms with Crippen molar-refractivity contribution in [3.8, 4) is 0 Å². The standard InChI is InChI=1S/C17H23N3O/c1-13-15(7-10-18-13)17(21)19-9-4-11-20-12-8-14-5-2-3-6-16(14)20/h2-3,5-6,8,12-13,15,18H,4,7,9-11H2,1H3,(H,19,21). The number of aromatic nitrogens is 1. The molecule has 1 aliphatic rings. The lowest BCUT2D eigenvalue weighted by atomic mass is 10.0. The number of carbonyl (C=O) groups is 1. The van der Waals surface area contributed by atoms with E-state index < -0.39 is 0 Å². The SMILES string of the molecule is CC1NCCC1C(=O)NCCCn1ccc2ccccc21. The second kappa shape index (κ2) is 6.31. The maximum absolute atomic E-state index is 12.1. The number of nitrogens with one attached hydrogen (secondary N) is 2. The molecule has 0 spiro atoms. The van der Waals surface area contributed by atoms with E-state index in [1.54, 1.807) is 0 Å². The lowest BCUT2D eigenvalue weighted by Gasteiger charge is -2.15. The first-order chi connectivity index (χ1) is 10.3. The number of nitrogens with zero attached hydrogens (tertiary/aromatic N) is 1. The Morgan fingerprint density at radius 2 is 2.24 bits per heavy atom. The van der Waals surface area contributed by atoms with Crippen LogP contribution in [-0.2, 0) is 11.3 Å². The molecule has 1 amide bonds. The largest absolute Gasteiger partial charge is 0.356 e. The Kier molecular flexibility index (Phi) is 4.25. The second-order valence-electron chi connectivity index (χ2n) is 5.85. The average molecular weight is 285 g/mol. The summed E-state index contributed by atoms with van der Waals surface area (Å²) in [5.41, 5.74) is 1.26. The van der Waals surface area contributed by atoms with Gasteiger partial charge in [0.05, 0.1) is 5.92 Å². The summed E-state index contributed by atoms with van der Waals surface area (Å²) in [6.45, 7) is 4.72. The molecule has 2 heterocycles. The Morgan fingerprint density at radius 3 is 3.05 bits per heavy atom. The van der Waals surface area contributed by atoms with Crippen LogP contribution in [0.2, 0.25) is 0 Å². The van der Waals surface area contributed by atoms with Gasteiger partial charge in [0.15, 0.2) is 0 Å². The third-order valence-corrected chi connectivity index (χ3v) is 4.42. The van der Waals surface area contributed by atoms with Crippen molar-refractivity contribution in [3.63, 3.8) is 0 Å². The molecule has 0 radical (unpaired) electrons. The van der Waals surface area contributed by atoms with E-state index in [-0.39, 0.29) is 11.8 Å². The predicted molar refractivity (Wildman–Crippen MR) is 85.1 cm³/mol. The van der Waals surface area contributed by atoms with Crippen LogP contribution in [0.5, 0.6) is 0 Å². The predicted octanol–water partition coefficient (Wildman–Crippen LogP) is 2.15. The molecule has 0 bridgehead atoms. The molecule has 1 aromatic carbocycles. The summed E-state index contributed by atoms with van der Waals surface area (Å²) in [5.74, 6) is 0.335. The zero-order valence-electron chi connectivity index (χ0n) is 12.5. The molecule has 1 saturated heterocycles. The van der Waals surface area contributed by atoms with Crippen LogP contribution in [0.1, 0.15) is 19.8 Å². The molecule has 112 valence electrons. The fourth-order valence-corrected chi connectivity index (χ4v) is 3.14. The summed E-state index contributed by atoms with van der Waals surface area (Å²) in [6.07, 6.45) is 4.03. The zero-order chi connectivity index (χ0) is 14.7. The van der Waals surface area contributed by atoms with Crippen LogP contribution in [0.4, 0.5) is 0 Å². The van der Waals surface area contributed by atoms with Gasteiger partial charge in [-0.1, -0.05) is 18.2 Å². The molecule has 2 unspecified atom stereocenters. The molecular weight excluding hydrogens is 262 g/mol. The summed E-state index contributed by atoms with van der Waals surface area (Å²) in [5, 5.41) is 7.66. The number of para-hydroxylation sites is 1. The first kappa shape index (κ1) is 14.1. The summed E-state index contributed by atoms with van der Waals surface area (Å²) in [6, 6.07) is 10.8. The minimum Gasteiger partial charge on any atom is -0.356 e. The molecule has 4 nitrogen and oxygen atoms in total. The van der Waals surface area contributed by atoms with E-state index in [0.717, 1.165) is 32.5 Å². The fourth-order valence-electron chi connectivity index (χ4n) is 3.14. The van der Waals surface area contributed by atoms with Crippen molar-refractivity contribution in [1.82, 2.24) is 15.2 Å². The van der Waals surface area contributed by atoms with E-state index >= 15 is 0 Å². The minimum atomic E-state index is 0.136. The topological polar surface area (TPSA) is 46.1 Å².